The molecule has 0 bridgehead atoms. The largest absolute Gasteiger partial charge is 0.477 e. The third-order valence-corrected chi connectivity index (χ3v) is 2.26. The van der Waals surface area contributed by atoms with Crippen LogP contribution in [-0.4, -0.2) is 61.5 Å². The van der Waals surface area contributed by atoms with E-state index in [2.05, 4.69) is 20.6 Å². The molecule has 0 fully saturated rings. The Morgan fingerprint density at radius 2 is 2.21 bits per heavy atom. The number of hydrogen-bond donors (Lipinski definition) is 3. The van der Waals surface area contributed by atoms with Crippen LogP contribution in [-0.2, 0) is 24.0 Å². The van der Waals surface area contributed by atoms with Gasteiger partial charge in [-0.25, -0.2) is 4.79 Å². The van der Waals surface area contributed by atoms with E-state index in [1.54, 1.807) is 0 Å². The zero-order chi connectivity index (χ0) is 14.3. The number of methoxy groups -OCH3 is 1. The summed E-state index contributed by atoms with van der Waals surface area (Å²) in [5, 5.41) is 16.7. The lowest BCUT2D eigenvalue weighted by atomic mass is 10.2. The number of hydrogen-bond acceptors (Lipinski definition) is 6. The van der Waals surface area contributed by atoms with E-state index < -0.39 is 18.0 Å². The predicted octanol–water partition coefficient (Wildman–Crippen LogP) is -1.91. The second-order valence-electron chi connectivity index (χ2n) is 3.70. The molecular formula is C10H15N3O6. The third-order valence-electron chi connectivity index (χ3n) is 2.26. The summed E-state index contributed by atoms with van der Waals surface area (Å²) in [6.45, 7) is 0.503. The van der Waals surface area contributed by atoms with Gasteiger partial charge in [0, 0.05) is 20.1 Å². The van der Waals surface area contributed by atoms with E-state index in [0.717, 1.165) is 0 Å². The number of nitrogens with one attached hydrogen (secondary N) is 2. The number of carboxylic acid groups (broad SMARTS) is 1. The molecule has 0 aromatic carbocycles. The van der Waals surface area contributed by atoms with Crippen molar-refractivity contribution in [3.8, 4) is 0 Å². The van der Waals surface area contributed by atoms with E-state index in [9.17, 15) is 14.4 Å². The maximum absolute atomic E-state index is 11.5. The smallest absolute Gasteiger partial charge is 0.353 e. The van der Waals surface area contributed by atoms with Crippen LogP contribution < -0.4 is 10.6 Å². The number of oxime groups is 1. The molecule has 1 atom stereocenters. The zero-order valence-electron chi connectivity index (χ0n) is 10.3. The van der Waals surface area contributed by atoms with Gasteiger partial charge in [0.25, 0.3) is 5.91 Å². The van der Waals surface area contributed by atoms with Crippen molar-refractivity contribution in [2.24, 2.45) is 5.16 Å². The summed E-state index contributed by atoms with van der Waals surface area (Å²) in [4.78, 5) is 38.0. The van der Waals surface area contributed by atoms with Crippen molar-refractivity contribution in [3.63, 3.8) is 0 Å². The highest BCUT2D eigenvalue weighted by atomic mass is 16.6. The average molecular weight is 273 g/mol. The molecule has 1 heterocycles. The number of nitrogens with zero attached hydrogens (tertiary/aromatic N) is 1. The fourth-order valence-corrected chi connectivity index (χ4v) is 1.28. The van der Waals surface area contributed by atoms with Crippen LogP contribution in [0.15, 0.2) is 5.16 Å². The summed E-state index contributed by atoms with van der Waals surface area (Å²) < 4.78 is 4.74. The maximum atomic E-state index is 11.5. The lowest BCUT2D eigenvalue weighted by Crippen LogP contribution is -2.42. The second kappa shape index (κ2) is 7.31. The van der Waals surface area contributed by atoms with Crippen molar-refractivity contribution >= 4 is 23.5 Å². The molecular weight excluding hydrogens is 258 g/mol. The van der Waals surface area contributed by atoms with Gasteiger partial charge in [-0.1, -0.05) is 5.16 Å². The number of ether oxygens (including phenoxy) is 1. The minimum Gasteiger partial charge on any atom is -0.477 e. The van der Waals surface area contributed by atoms with Gasteiger partial charge in [0.15, 0.2) is 5.71 Å². The lowest BCUT2D eigenvalue weighted by molar-refractivity contribution is -0.133. The number of carbonyl (C=O) groups is 3. The van der Waals surface area contributed by atoms with Crippen LogP contribution in [0.5, 0.6) is 0 Å². The van der Waals surface area contributed by atoms with Gasteiger partial charge in [-0.15, -0.1) is 0 Å². The SMILES string of the molecule is COCCNC(=O)CNC(=O)C1CC(C(=O)O)=NO1. The molecule has 0 aliphatic carbocycles. The molecule has 9 nitrogen and oxygen atoms in total. The Kier molecular flexibility index (Phi) is 5.73. The van der Waals surface area contributed by atoms with Gasteiger partial charge < -0.3 is 25.3 Å². The number of carboxylic acids is 1. The van der Waals surface area contributed by atoms with Gasteiger partial charge in [-0.3, -0.25) is 9.59 Å². The number of amides is 2. The lowest BCUT2D eigenvalue weighted by Gasteiger charge is -2.09. The molecule has 2 amide bonds. The van der Waals surface area contributed by atoms with E-state index in [1.807, 2.05) is 0 Å². The molecule has 1 aliphatic heterocycles. The summed E-state index contributed by atoms with van der Waals surface area (Å²) in [6, 6.07) is 0. The van der Waals surface area contributed by atoms with Crippen LogP contribution in [0.4, 0.5) is 0 Å². The fraction of sp³-hybridized carbons (Fsp3) is 0.600. The first-order valence-electron chi connectivity index (χ1n) is 5.54. The van der Waals surface area contributed by atoms with Gasteiger partial charge in [0.2, 0.25) is 12.0 Å². The minimum absolute atomic E-state index is 0.119. The second-order valence-corrected chi connectivity index (χ2v) is 3.70. The van der Waals surface area contributed by atoms with Gasteiger partial charge >= 0.3 is 5.97 Å². The highest BCUT2D eigenvalue weighted by Gasteiger charge is 2.31. The summed E-state index contributed by atoms with van der Waals surface area (Å²) in [7, 11) is 1.51. The summed E-state index contributed by atoms with van der Waals surface area (Å²) in [5.74, 6) is -2.18. The monoisotopic (exact) mass is 273 g/mol. The predicted molar refractivity (Wildman–Crippen MR) is 62.5 cm³/mol. The fourth-order valence-electron chi connectivity index (χ4n) is 1.28. The Morgan fingerprint density at radius 1 is 1.47 bits per heavy atom. The first-order valence-corrected chi connectivity index (χ1v) is 5.54. The molecule has 0 saturated carbocycles. The Hall–Kier alpha value is -2.16. The molecule has 1 unspecified atom stereocenters. The molecule has 106 valence electrons. The maximum Gasteiger partial charge on any atom is 0.353 e. The molecule has 1 aliphatic rings. The molecule has 0 aromatic heterocycles. The van der Waals surface area contributed by atoms with Crippen LogP contribution >= 0.6 is 0 Å². The van der Waals surface area contributed by atoms with E-state index in [0.29, 0.717) is 13.2 Å². The van der Waals surface area contributed by atoms with Gasteiger partial charge in [-0.05, 0) is 0 Å². The molecule has 0 radical (unpaired) electrons. The normalized spacial score (nSPS) is 17.3. The van der Waals surface area contributed by atoms with Gasteiger partial charge in [-0.2, -0.15) is 0 Å². The summed E-state index contributed by atoms with van der Waals surface area (Å²) in [6.07, 6.45) is -1.12. The van der Waals surface area contributed by atoms with E-state index in [1.165, 1.54) is 7.11 Å². The molecule has 1 rings (SSSR count). The van der Waals surface area contributed by atoms with Crippen LogP contribution in [0.2, 0.25) is 0 Å². The number of rotatable bonds is 7. The first kappa shape index (κ1) is 14.9. The van der Waals surface area contributed by atoms with Crippen LogP contribution in [0.25, 0.3) is 0 Å². The van der Waals surface area contributed by atoms with Gasteiger partial charge in [0.05, 0.1) is 13.2 Å². The Labute approximate surface area is 108 Å². The molecule has 0 saturated heterocycles. The molecule has 0 spiro atoms. The number of aliphatic carboxylic acids is 1. The van der Waals surface area contributed by atoms with Crippen molar-refractivity contribution in [2.45, 2.75) is 12.5 Å². The Balaban J connectivity index is 2.22. The molecule has 3 N–H and O–H groups in total. The molecule has 19 heavy (non-hydrogen) atoms. The average Bonchev–Trinajstić information content (AvgIpc) is 2.86. The quantitative estimate of drug-likeness (QED) is 0.465. The standard InChI is InChI=1S/C10H15N3O6/c1-18-3-2-11-8(14)5-12-9(15)7-4-6(10(16)17)13-19-7/h7H,2-5H2,1H3,(H,11,14)(H,12,15)(H,16,17). The third kappa shape index (κ3) is 4.92. The minimum atomic E-state index is -1.23. The van der Waals surface area contributed by atoms with E-state index in [-0.39, 0.29) is 24.6 Å². The summed E-state index contributed by atoms with van der Waals surface area (Å²) in [5.41, 5.74) is -0.218. The molecule has 0 aromatic rings. The van der Waals surface area contributed by atoms with Crippen molar-refractivity contribution < 1.29 is 29.1 Å². The van der Waals surface area contributed by atoms with Crippen molar-refractivity contribution in [1.29, 1.82) is 0 Å². The number of carbonyl (C=O) groups excluding carboxylic acids is 2. The van der Waals surface area contributed by atoms with E-state index >= 15 is 0 Å². The van der Waals surface area contributed by atoms with Crippen molar-refractivity contribution in [1.82, 2.24) is 10.6 Å². The summed E-state index contributed by atoms with van der Waals surface area (Å²) >= 11 is 0. The van der Waals surface area contributed by atoms with Crippen LogP contribution in [0.3, 0.4) is 0 Å². The topological polar surface area (TPSA) is 126 Å². The highest BCUT2D eigenvalue weighted by molar-refractivity contribution is 6.36. The van der Waals surface area contributed by atoms with Crippen molar-refractivity contribution in [3.05, 3.63) is 0 Å². The first-order chi connectivity index (χ1) is 9.04. The van der Waals surface area contributed by atoms with Crippen LogP contribution in [0.1, 0.15) is 6.42 Å². The zero-order valence-corrected chi connectivity index (χ0v) is 10.3. The van der Waals surface area contributed by atoms with E-state index in [4.69, 9.17) is 9.84 Å². The van der Waals surface area contributed by atoms with Crippen molar-refractivity contribution in [2.75, 3.05) is 26.8 Å². The Bertz CT molecular complexity index is 395. The molecule has 9 heteroatoms. The van der Waals surface area contributed by atoms with Crippen LogP contribution in [0, 0.1) is 0 Å². The van der Waals surface area contributed by atoms with Gasteiger partial charge in [0.1, 0.15) is 0 Å². The highest BCUT2D eigenvalue weighted by Crippen LogP contribution is 2.10. The Morgan fingerprint density at radius 3 is 2.79 bits per heavy atom.